The van der Waals surface area contributed by atoms with Gasteiger partial charge in [0.25, 0.3) is 5.91 Å². The summed E-state index contributed by atoms with van der Waals surface area (Å²) < 4.78 is 7.72. The first-order chi connectivity index (χ1) is 11.0. The van der Waals surface area contributed by atoms with Gasteiger partial charge in [-0.2, -0.15) is 5.10 Å². The van der Waals surface area contributed by atoms with E-state index in [0.717, 1.165) is 11.1 Å². The van der Waals surface area contributed by atoms with Crippen LogP contribution in [0.25, 0.3) is 0 Å². The lowest BCUT2D eigenvalue weighted by atomic mass is 9.86. The normalized spacial score (nSPS) is 22.7. The maximum atomic E-state index is 12.4. The second kappa shape index (κ2) is 4.68. The summed E-state index contributed by atoms with van der Waals surface area (Å²) in [5, 5.41) is 4.20. The topological polar surface area (TPSA) is 90.3 Å². The van der Waals surface area contributed by atoms with Crippen LogP contribution < -0.4 is 11.1 Å². The van der Waals surface area contributed by atoms with Crippen LogP contribution in [-0.4, -0.2) is 38.2 Å². The number of hydrogen-bond donors (Lipinski definition) is 0. The zero-order chi connectivity index (χ0) is 16.2. The fourth-order valence-corrected chi connectivity index (χ4v) is 3.60. The Labute approximate surface area is 130 Å². The van der Waals surface area contributed by atoms with Gasteiger partial charge in [-0.3, -0.25) is 19.0 Å². The summed E-state index contributed by atoms with van der Waals surface area (Å²) in [4.78, 5) is 38.0. The number of nitrogens with zero attached hydrogens (tertiary/aromatic N) is 4. The van der Waals surface area contributed by atoms with Crippen molar-refractivity contribution < 1.29 is 9.21 Å². The van der Waals surface area contributed by atoms with E-state index in [1.807, 2.05) is 0 Å². The number of furan rings is 1. The Balaban J connectivity index is 1.61. The van der Waals surface area contributed by atoms with Crippen LogP contribution in [0.4, 0.5) is 0 Å². The zero-order valence-corrected chi connectivity index (χ0v) is 12.7. The van der Waals surface area contributed by atoms with Gasteiger partial charge < -0.3 is 9.32 Å². The van der Waals surface area contributed by atoms with Gasteiger partial charge in [-0.1, -0.05) is 0 Å². The maximum absolute atomic E-state index is 12.4. The van der Waals surface area contributed by atoms with Crippen molar-refractivity contribution in [2.75, 3.05) is 13.1 Å². The summed E-state index contributed by atoms with van der Waals surface area (Å²) in [7, 11) is 1.48. The lowest BCUT2D eigenvalue weighted by molar-refractivity contribution is 0.0740. The van der Waals surface area contributed by atoms with Crippen molar-refractivity contribution in [3.63, 3.8) is 0 Å². The molecule has 2 aliphatic rings. The minimum atomic E-state index is -0.618. The summed E-state index contributed by atoms with van der Waals surface area (Å²) >= 11 is 0. The molecule has 120 valence electrons. The molecular weight excluding hydrogens is 300 g/mol. The van der Waals surface area contributed by atoms with Crippen molar-refractivity contribution in [3.05, 3.63) is 50.7 Å². The molecule has 2 aromatic heterocycles. The van der Waals surface area contributed by atoms with Gasteiger partial charge in [0, 0.05) is 38.5 Å². The van der Waals surface area contributed by atoms with Crippen LogP contribution in [0.2, 0.25) is 0 Å². The predicted octanol–water partition coefficient (Wildman–Crippen LogP) is -0.376. The standard InChI is InChI=1S/C15H16N4O4/c1-17-13(21)14(22)19-9-15(7-11(19)16-17)4-5-18(8-15)12(20)10-3-2-6-23-10/h2-3,6H,4-5,7-9H2,1H3/t15-/m1/s1. The summed E-state index contributed by atoms with van der Waals surface area (Å²) in [5.41, 5.74) is -1.38. The monoisotopic (exact) mass is 316 g/mol. The van der Waals surface area contributed by atoms with Gasteiger partial charge >= 0.3 is 11.1 Å². The molecular formula is C15H16N4O4. The summed E-state index contributed by atoms with van der Waals surface area (Å²) in [6.45, 7) is 1.58. The van der Waals surface area contributed by atoms with E-state index in [0.29, 0.717) is 37.6 Å². The first kappa shape index (κ1) is 14.0. The van der Waals surface area contributed by atoms with Crippen molar-refractivity contribution in [1.82, 2.24) is 19.2 Å². The van der Waals surface area contributed by atoms with E-state index in [2.05, 4.69) is 5.10 Å². The molecule has 2 aromatic rings. The summed E-state index contributed by atoms with van der Waals surface area (Å²) in [6, 6.07) is 3.33. The molecule has 4 rings (SSSR count). The van der Waals surface area contributed by atoms with Crippen LogP contribution in [0.15, 0.2) is 32.4 Å². The largest absolute Gasteiger partial charge is 0.459 e. The minimum Gasteiger partial charge on any atom is -0.459 e. The van der Waals surface area contributed by atoms with Crippen LogP contribution in [0.1, 0.15) is 22.8 Å². The number of carbonyl (C=O) groups excluding carboxylic acids is 1. The van der Waals surface area contributed by atoms with Gasteiger partial charge in [0.1, 0.15) is 5.82 Å². The van der Waals surface area contributed by atoms with Crippen LogP contribution in [0.3, 0.4) is 0 Å². The molecule has 0 aliphatic carbocycles. The molecule has 0 aromatic carbocycles. The van der Waals surface area contributed by atoms with Crippen molar-refractivity contribution >= 4 is 5.91 Å². The Morgan fingerprint density at radius 2 is 2.13 bits per heavy atom. The highest BCUT2D eigenvalue weighted by molar-refractivity contribution is 5.91. The Kier molecular flexibility index (Phi) is 2.84. The van der Waals surface area contributed by atoms with E-state index in [1.54, 1.807) is 17.0 Å². The van der Waals surface area contributed by atoms with E-state index < -0.39 is 11.1 Å². The molecule has 2 aliphatic heterocycles. The zero-order valence-electron chi connectivity index (χ0n) is 12.7. The highest BCUT2D eigenvalue weighted by Gasteiger charge is 2.46. The van der Waals surface area contributed by atoms with Gasteiger partial charge in [-0.15, -0.1) is 0 Å². The van der Waals surface area contributed by atoms with Crippen molar-refractivity contribution in [1.29, 1.82) is 0 Å². The van der Waals surface area contributed by atoms with Crippen LogP contribution in [0, 0.1) is 5.41 Å². The Morgan fingerprint density at radius 3 is 2.87 bits per heavy atom. The van der Waals surface area contributed by atoms with Crippen molar-refractivity contribution in [2.24, 2.45) is 12.5 Å². The van der Waals surface area contributed by atoms with Crippen LogP contribution in [0.5, 0.6) is 0 Å². The number of amides is 1. The number of hydrogen-bond acceptors (Lipinski definition) is 5. The number of rotatable bonds is 1. The summed E-state index contributed by atoms with van der Waals surface area (Å²) in [5.74, 6) is 0.795. The molecule has 4 heterocycles. The van der Waals surface area contributed by atoms with E-state index in [1.165, 1.54) is 17.9 Å². The summed E-state index contributed by atoms with van der Waals surface area (Å²) in [6.07, 6.45) is 2.85. The Morgan fingerprint density at radius 1 is 1.30 bits per heavy atom. The molecule has 1 amide bonds. The molecule has 0 unspecified atom stereocenters. The second-order valence-corrected chi connectivity index (χ2v) is 6.37. The van der Waals surface area contributed by atoms with E-state index in [4.69, 9.17) is 4.42 Å². The average molecular weight is 316 g/mol. The van der Waals surface area contributed by atoms with E-state index in [-0.39, 0.29) is 11.3 Å². The molecule has 8 heteroatoms. The van der Waals surface area contributed by atoms with E-state index >= 15 is 0 Å². The molecule has 0 bridgehead atoms. The lowest BCUT2D eigenvalue weighted by Crippen LogP contribution is -2.42. The second-order valence-electron chi connectivity index (χ2n) is 6.37. The molecule has 1 atom stereocenters. The third-order valence-electron chi connectivity index (χ3n) is 4.78. The molecule has 0 N–H and O–H groups in total. The van der Waals surface area contributed by atoms with Gasteiger partial charge in [-0.05, 0) is 18.6 Å². The van der Waals surface area contributed by atoms with E-state index in [9.17, 15) is 14.4 Å². The first-order valence-electron chi connectivity index (χ1n) is 7.49. The minimum absolute atomic E-state index is 0.141. The first-order valence-corrected chi connectivity index (χ1v) is 7.49. The smallest absolute Gasteiger partial charge is 0.332 e. The van der Waals surface area contributed by atoms with Crippen molar-refractivity contribution in [2.45, 2.75) is 19.4 Å². The number of aromatic nitrogens is 3. The molecule has 1 saturated heterocycles. The highest BCUT2D eigenvalue weighted by Crippen LogP contribution is 2.39. The highest BCUT2D eigenvalue weighted by atomic mass is 16.3. The SMILES string of the molecule is Cn1nc2n(c(=O)c1=O)C[C@]1(CCN(C(=O)c3ccco3)C1)C2. The molecule has 8 nitrogen and oxygen atoms in total. The third kappa shape index (κ3) is 2.05. The third-order valence-corrected chi connectivity index (χ3v) is 4.78. The number of aryl methyl sites for hydroxylation is 1. The molecule has 1 spiro atoms. The van der Waals surface area contributed by atoms with Crippen LogP contribution in [-0.2, 0) is 20.0 Å². The molecule has 0 radical (unpaired) electrons. The average Bonchev–Trinajstić information content (AvgIpc) is 3.25. The number of likely N-dealkylation sites (tertiary alicyclic amines) is 1. The quantitative estimate of drug-likeness (QED) is 0.669. The van der Waals surface area contributed by atoms with Crippen molar-refractivity contribution in [3.8, 4) is 0 Å². The van der Waals surface area contributed by atoms with Crippen LogP contribution >= 0.6 is 0 Å². The Hall–Kier alpha value is -2.64. The molecule has 23 heavy (non-hydrogen) atoms. The van der Waals surface area contributed by atoms with Gasteiger partial charge in [0.2, 0.25) is 0 Å². The molecule has 1 fully saturated rings. The molecule has 0 saturated carbocycles. The maximum Gasteiger partial charge on any atom is 0.332 e. The fourth-order valence-electron chi connectivity index (χ4n) is 3.60. The number of fused-ring (bicyclic) bond motifs is 1. The predicted molar refractivity (Wildman–Crippen MR) is 79.1 cm³/mol. The number of carbonyl (C=O) groups is 1. The fraction of sp³-hybridized carbons (Fsp3) is 0.467. The lowest BCUT2D eigenvalue weighted by Gasteiger charge is -2.22. The van der Waals surface area contributed by atoms with Gasteiger partial charge in [0.15, 0.2) is 5.76 Å². The van der Waals surface area contributed by atoms with Gasteiger partial charge in [-0.25, -0.2) is 4.68 Å². The Bertz CT molecular complexity index is 895. The van der Waals surface area contributed by atoms with Gasteiger partial charge in [0.05, 0.1) is 6.26 Å².